The molecule has 1 aromatic heterocycles. The molecule has 75 heavy (non-hydrogen) atoms. The number of carbonyl (C=O) groups is 1. The Morgan fingerprint density at radius 2 is 0.720 bits per heavy atom. The van der Waals surface area contributed by atoms with Crippen LogP contribution in [0.15, 0.2) is 104 Å². The standard InChI is InChI=1S/C26H19N2O2.C24BF20/c29-24(19-8-2-1-3-9-19)17-28-15-14-27-25(18-28)30-26-22-12-6-4-10-20(22)16-21-11-5-7-13-23(21)26;26-5-1(6(27)14(35)21(42)13(5)34)25(2-7(28)15(36)22(43)16(37)8(2)29,3-9(30)17(38)23(44)18(39)10(3)31)4-11(32)19(40)24(45)20(41)12(4)33/h1-16,18H,17H2;/q+1;-1. The van der Waals surface area contributed by atoms with E-state index in [2.05, 4.69) is 23.2 Å². The summed E-state index contributed by atoms with van der Waals surface area (Å²) in [5.41, 5.74) is -13.6. The lowest BCUT2D eigenvalue weighted by molar-refractivity contribution is -0.683. The van der Waals surface area contributed by atoms with Crippen molar-refractivity contribution in [1.29, 1.82) is 0 Å². The van der Waals surface area contributed by atoms with Gasteiger partial charge >= 0.3 is 0 Å². The van der Waals surface area contributed by atoms with Gasteiger partial charge < -0.3 is 4.74 Å². The summed E-state index contributed by atoms with van der Waals surface area (Å²) in [4.78, 5) is 16.9. The zero-order valence-electron chi connectivity index (χ0n) is 36.4. The highest BCUT2D eigenvalue weighted by Crippen LogP contribution is 2.37. The second-order valence-corrected chi connectivity index (χ2v) is 15.9. The van der Waals surface area contributed by atoms with Gasteiger partial charge in [-0.15, -0.1) is 21.9 Å². The van der Waals surface area contributed by atoms with E-state index in [0.29, 0.717) is 11.4 Å². The van der Waals surface area contributed by atoms with Crippen molar-refractivity contribution < 1.29 is 102 Å². The maximum Gasteiger partial charge on any atom is 0.285 e. The third-order valence-electron chi connectivity index (χ3n) is 11.8. The minimum absolute atomic E-state index is 0.0355. The molecule has 9 rings (SSSR count). The highest BCUT2D eigenvalue weighted by molar-refractivity contribution is 7.20. The second kappa shape index (κ2) is 20.1. The van der Waals surface area contributed by atoms with Gasteiger partial charge in [-0.05, 0) is 16.8 Å². The minimum Gasteiger partial charge on any atom is -0.433 e. The van der Waals surface area contributed by atoms with Gasteiger partial charge in [0.15, 0.2) is 76.0 Å². The number of halogens is 20. The molecule has 384 valence electrons. The number of carbonyl (C=O) groups excluding carboxylic acids is 1. The average molecular weight is 1070 g/mol. The Kier molecular flexibility index (Phi) is 14.1. The van der Waals surface area contributed by atoms with Crippen molar-refractivity contribution in [3.05, 3.63) is 225 Å². The van der Waals surface area contributed by atoms with Gasteiger partial charge in [0, 0.05) is 16.3 Å². The molecule has 0 saturated carbocycles. The Labute approximate surface area is 405 Å². The van der Waals surface area contributed by atoms with E-state index in [1.807, 2.05) is 66.7 Å². The molecule has 0 N–H and O–H groups in total. The number of benzene rings is 8. The molecule has 0 spiro atoms. The van der Waals surface area contributed by atoms with Gasteiger partial charge in [-0.1, -0.05) is 78.9 Å². The van der Waals surface area contributed by atoms with E-state index in [1.54, 1.807) is 23.2 Å². The third kappa shape index (κ3) is 8.57. The van der Waals surface area contributed by atoms with Crippen LogP contribution in [0.3, 0.4) is 0 Å². The molecule has 0 atom stereocenters. The van der Waals surface area contributed by atoms with Crippen molar-refractivity contribution in [2.45, 2.75) is 6.54 Å². The van der Waals surface area contributed by atoms with Crippen LogP contribution in [-0.4, -0.2) is 16.9 Å². The van der Waals surface area contributed by atoms with Crippen molar-refractivity contribution in [3.63, 3.8) is 0 Å². The van der Waals surface area contributed by atoms with Gasteiger partial charge in [0.2, 0.25) is 18.5 Å². The average Bonchev–Trinajstić information content (AvgIpc) is 3.41. The largest absolute Gasteiger partial charge is 0.433 e. The monoisotopic (exact) mass is 1070 g/mol. The van der Waals surface area contributed by atoms with Crippen LogP contribution in [0.1, 0.15) is 10.4 Å². The molecular weight excluding hydrogens is 1050 g/mol. The van der Waals surface area contributed by atoms with Gasteiger partial charge in [0.05, 0.1) is 6.20 Å². The summed E-state index contributed by atoms with van der Waals surface area (Å²) in [7, 11) is 0. The molecule has 0 aliphatic heterocycles. The number of nitrogens with zero attached hydrogens (tertiary/aromatic N) is 2. The molecule has 0 radical (unpaired) electrons. The third-order valence-corrected chi connectivity index (χ3v) is 11.8. The SMILES string of the molecule is Fc1c(F)c(F)c([B-](c2c(F)c(F)c(F)c(F)c2F)(c2c(F)c(F)c(F)c(F)c2F)c2c(F)c(F)c(F)c(F)c2F)c(F)c1F.O=C(C[n+]1ccnc(Oc2c3ccccc3cc3ccccc23)c1)c1ccccc1. The summed E-state index contributed by atoms with van der Waals surface area (Å²) in [6.45, 7) is 0.221. The summed E-state index contributed by atoms with van der Waals surface area (Å²) in [6, 6.07) is 27.7. The number of ketones is 1. The lowest BCUT2D eigenvalue weighted by Crippen LogP contribution is -2.81. The number of ether oxygens (including phenoxy) is 1. The summed E-state index contributed by atoms with van der Waals surface area (Å²) in [6.07, 6.45) is -2.03. The Hall–Kier alpha value is -8.51. The van der Waals surface area contributed by atoms with E-state index in [4.69, 9.17) is 4.74 Å². The van der Waals surface area contributed by atoms with Crippen LogP contribution in [0.2, 0.25) is 0 Å². The first kappa shape index (κ1) is 52.8. The van der Waals surface area contributed by atoms with Crippen LogP contribution >= 0.6 is 0 Å². The summed E-state index contributed by atoms with van der Waals surface area (Å²) >= 11 is 0. The van der Waals surface area contributed by atoms with Crippen LogP contribution in [-0.2, 0) is 6.54 Å². The zero-order valence-corrected chi connectivity index (χ0v) is 36.4. The fraction of sp³-hybridized carbons (Fsp3) is 0.0200. The maximum atomic E-state index is 15.4. The van der Waals surface area contributed by atoms with Crippen molar-refractivity contribution in [2.24, 2.45) is 0 Å². The Bertz CT molecular complexity index is 3390. The molecule has 8 aromatic carbocycles. The van der Waals surface area contributed by atoms with E-state index in [9.17, 15) is 57.5 Å². The molecule has 1 heterocycles. The molecule has 0 aliphatic carbocycles. The fourth-order valence-corrected chi connectivity index (χ4v) is 8.50. The summed E-state index contributed by atoms with van der Waals surface area (Å²) < 4.78 is 302. The number of hydrogen-bond acceptors (Lipinski definition) is 3. The van der Waals surface area contributed by atoms with Gasteiger partial charge in [-0.25, -0.2) is 92.8 Å². The molecule has 9 aromatic rings. The maximum absolute atomic E-state index is 15.4. The van der Waals surface area contributed by atoms with Gasteiger partial charge in [0.1, 0.15) is 58.4 Å². The first-order valence-electron chi connectivity index (χ1n) is 20.7. The van der Waals surface area contributed by atoms with Crippen LogP contribution < -0.4 is 31.2 Å². The van der Waals surface area contributed by atoms with E-state index >= 15 is 35.1 Å². The molecule has 0 unspecified atom stereocenters. The lowest BCUT2D eigenvalue weighted by atomic mass is 9.12. The van der Waals surface area contributed by atoms with Crippen LogP contribution in [0, 0.1) is 116 Å². The fourth-order valence-electron chi connectivity index (χ4n) is 8.50. The quantitative estimate of drug-likeness (QED) is 0.0275. The van der Waals surface area contributed by atoms with Crippen molar-refractivity contribution in [2.75, 3.05) is 0 Å². The molecule has 25 heteroatoms. The molecule has 0 amide bonds. The van der Waals surface area contributed by atoms with Crippen molar-refractivity contribution in [3.8, 4) is 11.6 Å². The Balaban J connectivity index is 0.000000215. The zero-order chi connectivity index (χ0) is 54.7. The van der Waals surface area contributed by atoms with Gasteiger partial charge in [-0.2, -0.15) is 4.57 Å². The van der Waals surface area contributed by atoms with Gasteiger partial charge in [-0.3, -0.25) is 4.79 Å². The topological polar surface area (TPSA) is 43.1 Å². The lowest BCUT2D eigenvalue weighted by Gasteiger charge is -2.44. The van der Waals surface area contributed by atoms with Crippen LogP contribution in [0.5, 0.6) is 11.6 Å². The smallest absolute Gasteiger partial charge is 0.285 e. The number of fused-ring (bicyclic) bond motifs is 2. The number of aromatic nitrogens is 2. The summed E-state index contributed by atoms with van der Waals surface area (Å²) in [5.74, 6) is -70.2. The van der Waals surface area contributed by atoms with Crippen molar-refractivity contribution >= 4 is 55.3 Å². The first-order chi connectivity index (χ1) is 35.5. The minimum atomic E-state index is -7.22. The van der Waals surface area contributed by atoms with E-state index in [0.717, 1.165) is 27.3 Å². The number of Topliss-reactive ketones (excluding diaryl/α,β-unsaturated/α-hetero) is 1. The van der Waals surface area contributed by atoms with Crippen molar-refractivity contribution in [1.82, 2.24) is 4.98 Å². The normalized spacial score (nSPS) is 11.6. The molecule has 0 saturated heterocycles. The van der Waals surface area contributed by atoms with E-state index < -0.39 is 144 Å². The molecular formula is C50H19BF20N2O2. The van der Waals surface area contributed by atoms with E-state index in [-0.39, 0.29) is 12.3 Å². The predicted molar refractivity (Wildman–Crippen MR) is 226 cm³/mol. The number of hydrogen-bond donors (Lipinski definition) is 0. The number of rotatable bonds is 9. The highest BCUT2D eigenvalue weighted by Gasteiger charge is 2.52. The van der Waals surface area contributed by atoms with Crippen LogP contribution in [0.25, 0.3) is 21.5 Å². The molecule has 4 nitrogen and oxygen atoms in total. The van der Waals surface area contributed by atoms with Crippen LogP contribution in [0.4, 0.5) is 87.8 Å². The summed E-state index contributed by atoms with van der Waals surface area (Å²) in [5, 5.41) is 4.26. The molecule has 0 aliphatic rings. The Morgan fingerprint density at radius 3 is 1.07 bits per heavy atom. The molecule has 0 bridgehead atoms. The highest BCUT2D eigenvalue weighted by atomic mass is 19.2. The first-order valence-corrected chi connectivity index (χ1v) is 20.7. The predicted octanol–water partition coefficient (Wildman–Crippen LogP) is 11.2. The second-order valence-electron chi connectivity index (χ2n) is 15.9. The van der Waals surface area contributed by atoms with Gasteiger partial charge in [0.25, 0.3) is 5.88 Å². The Morgan fingerprint density at radius 1 is 0.413 bits per heavy atom. The molecule has 0 fully saturated rings. The van der Waals surface area contributed by atoms with E-state index in [1.165, 1.54) is 0 Å².